The quantitative estimate of drug-likeness (QED) is 0.503. The van der Waals surface area contributed by atoms with Gasteiger partial charge in [-0.1, -0.05) is 13.8 Å². The first-order valence-electron chi connectivity index (χ1n) is 11.3. The van der Waals surface area contributed by atoms with Crippen molar-refractivity contribution in [2.75, 3.05) is 13.1 Å². The fourth-order valence-electron chi connectivity index (χ4n) is 5.43. The Morgan fingerprint density at radius 3 is 2.47 bits per heavy atom. The third-order valence-electron chi connectivity index (χ3n) is 7.11. The minimum atomic E-state index is -0.655. The van der Waals surface area contributed by atoms with E-state index in [-0.39, 0.29) is 34.5 Å². The molecule has 0 bridgehead atoms. The topological polar surface area (TPSA) is 36.1 Å². The number of fused-ring (bicyclic) bond motifs is 1. The van der Waals surface area contributed by atoms with Crippen molar-refractivity contribution in [3.8, 4) is 11.3 Å². The smallest absolute Gasteiger partial charge is 0.225 e. The highest BCUT2D eigenvalue weighted by Crippen LogP contribution is 2.49. The van der Waals surface area contributed by atoms with E-state index >= 15 is 0 Å². The molecule has 32 heavy (non-hydrogen) atoms. The third-order valence-corrected chi connectivity index (χ3v) is 7.11. The molecule has 2 heterocycles. The molecule has 2 aromatic carbocycles. The Hall–Kier alpha value is -2.76. The number of aromatic nitrogens is 1. The van der Waals surface area contributed by atoms with Gasteiger partial charge in [0.1, 0.15) is 17.5 Å². The van der Waals surface area contributed by atoms with Crippen LogP contribution < -0.4 is 0 Å². The van der Waals surface area contributed by atoms with Crippen molar-refractivity contribution >= 4 is 16.8 Å². The van der Waals surface area contributed by atoms with E-state index in [1.54, 1.807) is 12.1 Å². The van der Waals surface area contributed by atoms with Crippen LogP contribution in [0.25, 0.3) is 22.2 Å². The first-order valence-corrected chi connectivity index (χ1v) is 11.3. The summed E-state index contributed by atoms with van der Waals surface area (Å²) >= 11 is 0. The standard InChI is InChI=1S/C26H27F3N2O/c1-26(2)8-3-9-31(14-26)25(32)17-10-16(11-17)22-20-12-19(28)13-21(29)24(20)30-23(22)15-4-6-18(27)7-5-15/h4-7,12-13,16-17,30H,3,8-11,14H2,1-2H3. The molecule has 1 saturated carbocycles. The number of aromatic amines is 1. The zero-order valence-corrected chi connectivity index (χ0v) is 18.4. The molecule has 5 rings (SSSR count). The predicted molar refractivity (Wildman–Crippen MR) is 119 cm³/mol. The molecule has 2 aliphatic rings. The number of hydrogen-bond donors (Lipinski definition) is 1. The summed E-state index contributed by atoms with van der Waals surface area (Å²) < 4.78 is 42.1. The minimum Gasteiger partial charge on any atom is -0.352 e. The summed E-state index contributed by atoms with van der Waals surface area (Å²) in [5, 5.41) is 0.497. The molecule has 0 atom stereocenters. The summed E-state index contributed by atoms with van der Waals surface area (Å²) in [5.41, 5.74) is 2.57. The number of halogens is 3. The van der Waals surface area contributed by atoms with Gasteiger partial charge in [-0.15, -0.1) is 0 Å². The SMILES string of the molecule is CC1(C)CCCN(C(=O)C2CC(c3c(-c4ccc(F)cc4)[nH]c4c(F)cc(F)cc34)C2)C1. The Morgan fingerprint density at radius 1 is 1.06 bits per heavy atom. The fraction of sp³-hybridized carbons (Fsp3) is 0.423. The molecule has 1 aliphatic heterocycles. The molecule has 0 unspecified atom stereocenters. The second-order valence-electron chi connectivity index (χ2n) is 10.1. The lowest BCUT2D eigenvalue weighted by atomic mass is 9.69. The Morgan fingerprint density at radius 2 is 1.78 bits per heavy atom. The van der Waals surface area contributed by atoms with E-state index in [1.807, 2.05) is 4.90 Å². The Kier molecular flexibility index (Phi) is 5.06. The summed E-state index contributed by atoms with van der Waals surface area (Å²) in [6.07, 6.45) is 3.44. The lowest BCUT2D eigenvalue weighted by Gasteiger charge is -2.43. The number of rotatable bonds is 3. The van der Waals surface area contributed by atoms with Gasteiger partial charge in [-0.3, -0.25) is 4.79 Å². The van der Waals surface area contributed by atoms with Gasteiger partial charge in [-0.2, -0.15) is 0 Å². The molecular weight excluding hydrogens is 413 g/mol. The van der Waals surface area contributed by atoms with Crippen molar-refractivity contribution in [3.63, 3.8) is 0 Å². The number of hydrogen-bond acceptors (Lipinski definition) is 1. The number of piperidine rings is 1. The molecule has 3 aromatic rings. The first kappa shape index (κ1) is 21.1. The molecule has 1 N–H and O–H groups in total. The van der Waals surface area contributed by atoms with Gasteiger partial charge in [0.2, 0.25) is 5.91 Å². The molecule has 1 saturated heterocycles. The summed E-state index contributed by atoms with van der Waals surface area (Å²) in [7, 11) is 0. The number of H-pyrrole nitrogens is 1. The molecule has 0 spiro atoms. The lowest BCUT2D eigenvalue weighted by Crippen LogP contribution is -2.48. The van der Waals surface area contributed by atoms with Crippen LogP contribution in [0.1, 0.15) is 51.0 Å². The van der Waals surface area contributed by atoms with Crippen LogP contribution in [0.15, 0.2) is 36.4 Å². The van der Waals surface area contributed by atoms with E-state index in [0.29, 0.717) is 29.5 Å². The van der Waals surface area contributed by atoms with Crippen LogP contribution in [-0.4, -0.2) is 28.9 Å². The maximum absolute atomic E-state index is 14.5. The Bertz CT molecular complexity index is 1180. The number of amides is 1. The van der Waals surface area contributed by atoms with Crippen molar-refractivity contribution in [1.29, 1.82) is 0 Å². The number of carbonyl (C=O) groups excluding carboxylic acids is 1. The molecule has 1 aliphatic carbocycles. The highest BCUT2D eigenvalue weighted by atomic mass is 19.1. The van der Waals surface area contributed by atoms with Gasteiger partial charge in [0.05, 0.1) is 11.2 Å². The van der Waals surface area contributed by atoms with Crippen LogP contribution in [0.2, 0.25) is 0 Å². The second-order valence-corrected chi connectivity index (χ2v) is 10.1. The highest BCUT2D eigenvalue weighted by molar-refractivity contribution is 5.92. The zero-order valence-electron chi connectivity index (χ0n) is 18.4. The molecule has 2 fully saturated rings. The van der Waals surface area contributed by atoms with E-state index in [0.717, 1.165) is 37.6 Å². The van der Waals surface area contributed by atoms with Crippen molar-refractivity contribution in [2.45, 2.75) is 45.4 Å². The van der Waals surface area contributed by atoms with Gasteiger partial charge in [0.25, 0.3) is 0 Å². The zero-order chi connectivity index (χ0) is 22.6. The molecule has 1 aromatic heterocycles. The number of carbonyl (C=O) groups is 1. The van der Waals surface area contributed by atoms with Gasteiger partial charge in [0.15, 0.2) is 0 Å². The normalized spacial score (nSPS) is 22.7. The molecular formula is C26H27F3N2O. The van der Waals surface area contributed by atoms with Crippen LogP contribution in [0.4, 0.5) is 13.2 Å². The van der Waals surface area contributed by atoms with E-state index in [4.69, 9.17) is 0 Å². The molecule has 168 valence electrons. The van der Waals surface area contributed by atoms with Gasteiger partial charge in [0, 0.05) is 30.5 Å². The second kappa shape index (κ2) is 7.68. The number of benzene rings is 2. The maximum atomic E-state index is 14.5. The van der Waals surface area contributed by atoms with Gasteiger partial charge in [-0.05, 0) is 78.5 Å². The van der Waals surface area contributed by atoms with Gasteiger partial charge < -0.3 is 9.88 Å². The maximum Gasteiger partial charge on any atom is 0.225 e. The van der Waals surface area contributed by atoms with E-state index in [1.165, 1.54) is 18.2 Å². The summed E-state index contributed by atoms with van der Waals surface area (Å²) in [6.45, 7) is 5.96. The molecule has 6 heteroatoms. The summed E-state index contributed by atoms with van der Waals surface area (Å²) in [6, 6.07) is 8.19. The first-order chi connectivity index (χ1) is 15.2. The van der Waals surface area contributed by atoms with Crippen molar-refractivity contribution < 1.29 is 18.0 Å². The van der Waals surface area contributed by atoms with Crippen molar-refractivity contribution in [3.05, 3.63) is 59.4 Å². The van der Waals surface area contributed by atoms with Crippen LogP contribution in [0.3, 0.4) is 0 Å². The van der Waals surface area contributed by atoms with E-state index in [9.17, 15) is 18.0 Å². The lowest BCUT2D eigenvalue weighted by molar-refractivity contribution is -0.141. The Labute approximate surface area is 185 Å². The molecule has 1 amide bonds. The van der Waals surface area contributed by atoms with Crippen molar-refractivity contribution in [2.24, 2.45) is 11.3 Å². The van der Waals surface area contributed by atoms with E-state index < -0.39 is 11.6 Å². The van der Waals surface area contributed by atoms with Crippen molar-refractivity contribution in [1.82, 2.24) is 9.88 Å². The monoisotopic (exact) mass is 440 g/mol. The van der Waals surface area contributed by atoms with Crippen LogP contribution in [-0.2, 0) is 4.79 Å². The molecule has 3 nitrogen and oxygen atoms in total. The number of nitrogens with zero attached hydrogens (tertiary/aromatic N) is 1. The fourth-order valence-corrected chi connectivity index (χ4v) is 5.43. The Balaban J connectivity index is 1.46. The summed E-state index contributed by atoms with van der Waals surface area (Å²) in [5.74, 6) is -1.52. The highest BCUT2D eigenvalue weighted by Gasteiger charge is 2.41. The van der Waals surface area contributed by atoms with E-state index in [2.05, 4.69) is 18.8 Å². The van der Waals surface area contributed by atoms with Crippen LogP contribution >= 0.6 is 0 Å². The number of likely N-dealkylation sites (tertiary alicyclic amines) is 1. The van der Waals surface area contributed by atoms with Gasteiger partial charge in [-0.25, -0.2) is 13.2 Å². The average Bonchev–Trinajstić information content (AvgIpc) is 3.06. The predicted octanol–water partition coefficient (Wildman–Crippen LogP) is 6.39. The number of nitrogens with one attached hydrogen (secondary N) is 1. The average molecular weight is 441 g/mol. The third kappa shape index (κ3) is 3.70. The van der Waals surface area contributed by atoms with Crippen LogP contribution in [0.5, 0.6) is 0 Å². The van der Waals surface area contributed by atoms with Crippen LogP contribution in [0, 0.1) is 28.8 Å². The minimum absolute atomic E-state index is 0.0109. The summed E-state index contributed by atoms with van der Waals surface area (Å²) in [4.78, 5) is 18.2. The van der Waals surface area contributed by atoms with Gasteiger partial charge >= 0.3 is 0 Å². The molecule has 0 radical (unpaired) electrons. The largest absolute Gasteiger partial charge is 0.352 e.